The monoisotopic (exact) mass is 365 g/mol. The van der Waals surface area contributed by atoms with Crippen LogP contribution in [-0.2, 0) is 0 Å². The summed E-state index contributed by atoms with van der Waals surface area (Å²) >= 11 is 0. The average molecular weight is 366 g/mol. The molecule has 0 heterocycles. The van der Waals surface area contributed by atoms with Gasteiger partial charge in [0.25, 0.3) is 0 Å². The van der Waals surface area contributed by atoms with Crippen molar-refractivity contribution in [2.75, 3.05) is 0 Å². The van der Waals surface area contributed by atoms with Crippen LogP contribution < -0.4 is 0 Å². The molecule has 1 saturated carbocycles. The van der Waals surface area contributed by atoms with E-state index in [4.69, 9.17) is 0 Å². The maximum atomic E-state index is 10.6. The smallest absolute Gasteiger partial charge is 0.0772 e. The topological polar surface area (TPSA) is 73.1 Å². The second-order valence-corrected chi connectivity index (χ2v) is 8.32. The molecule has 0 aliphatic heterocycles. The van der Waals surface area contributed by atoms with Gasteiger partial charge in [0.15, 0.2) is 0 Å². The van der Waals surface area contributed by atoms with Crippen molar-refractivity contribution in [3.8, 4) is 0 Å². The number of unbranched alkanes of at least 4 members (excludes halogenated alkanes) is 3. The molecule has 3 N–H and O–H groups in total. The maximum Gasteiger partial charge on any atom is 0.0772 e. The normalized spacial score (nSPS) is 27.2. The molecular weight excluding hydrogens is 326 g/mol. The zero-order chi connectivity index (χ0) is 19.6. The summed E-state index contributed by atoms with van der Waals surface area (Å²) in [7, 11) is 0. The second kappa shape index (κ2) is 11.6. The minimum absolute atomic E-state index is 0.000611. The highest BCUT2D eigenvalue weighted by Gasteiger charge is 2.38. The van der Waals surface area contributed by atoms with Crippen LogP contribution in [0.4, 0.5) is 0 Å². The number of hydrogen-bond donors (Lipinski definition) is 3. The van der Waals surface area contributed by atoms with Crippen LogP contribution >= 0.6 is 0 Å². The molecule has 0 aromatic carbocycles. The third kappa shape index (κ3) is 6.88. The highest BCUT2D eigenvalue weighted by Crippen LogP contribution is 2.35. The molecule has 4 atom stereocenters. The molecule has 1 aliphatic carbocycles. The predicted octanol–water partition coefficient (Wildman–Crippen LogP) is 5.08. The van der Waals surface area contributed by atoms with Crippen molar-refractivity contribution >= 4 is 5.71 Å². The van der Waals surface area contributed by atoms with E-state index in [1.807, 2.05) is 12.2 Å². The molecule has 0 radical (unpaired) electrons. The molecule has 0 aromatic rings. The fourth-order valence-corrected chi connectivity index (χ4v) is 3.65. The molecule has 4 heteroatoms. The molecule has 1 fully saturated rings. The van der Waals surface area contributed by atoms with E-state index in [0.29, 0.717) is 12.1 Å². The van der Waals surface area contributed by atoms with Crippen molar-refractivity contribution in [1.82, 2.24) is 0 Å². The number of nitrogens with zero attached hydrogens (tertiary/aromatic N) is 1. The Balaban J connectivity index is 2.78. The molecule has 0 bridgehead atoms. The molecular formula is C22H39NO3. The molecule has 1 rings (SSSR count). The van der Waals surface area contributed by atoms with Crippen molar-refractivity contribution in [1.29, 1.82) is 0 Å². The van der Waals surface area contributed by atoms with Gasteiger partial charge in [-0.1, -0.05) is 82.8 Å². The third-order valence-corrected chi connectivity index (χ3v) is 5.64. The Labute approximate surface area is 159 Å². The van der Waals surface area contributed by atoms with E-state index in [1.54, 1.807) is 0 Å². The second-order valence-electron chi connectivity index (χ2n) is 8.32. The van der Waals surface area contributed by atoms with E-state index in [9.17, 15) is 15.4 Å². The van der Waals surface area contributed by atoms with E-state index in [2.05, 4.69) is 45.0 Å². The van der Waals surface area contributed by atoms with Gasteiger partial charge < -0.3 is 15.4 Å². The number of allylic oxidation sites excluding steroid dienone is 3. The summed E-state index contributed by atoms with van der Waals surface area (Å²) in [5.41, 5.74) is 0.425. The van der Waals surface area contributed by atoms with Gasteiger partial charge in [0.05, 0.1) is 17.9 Å². The Bertz CT molecular complexity index is 482. The lowest BCUT2D eigenvalue weighted by Crippen LogP contribution is -2.28. The molecule has 0 spiro atoms. The summed E-state index contributed by atoms with van der Waals surface area (Å²) in [6.45, 7) is 8.50. The maximum absolute atomic E-state index is 10.6. The molecule has 0 aromatic heterocycles. The fourth-order valence-electron chi connectivity index (χ4n) is 3.65. The number of oxime groups is 1. The zero-order valence-electron chi connectivity index (χ0n) is 17.1. The SMILES string of the molecule is CCC/C=C\C[C@H]1[C@@H](O)C/C(=N/O)[C@@H]1/C=C/[C@@H](O)C(C)(C)CCCCC. The van der Waals surface area contributed by atoms with Crippen LogP contribution in [0.15, 0.2) is 29.5 Å². The van der Waals surface area contributed by atoms with Gasteiger partial charge in [-0.15, -0.1) is 0 Å². The molecule has 1 aliphatic rings. The van der Waals surface area contributed by atoms with E-state index < -0.39 is 12.2 Å². The van der Waals surface area contributed by atoms with E-state index in [1.165, 1.54) is 12.8 Å². The Kier molecular flexibility index (Phi) is 10.2. The van der Waals surface area contributed by atoms with Gasteiger partial charge in [-0.3, -0.25) is 0 Å². The van der Waals surface area contributed by atoms with Gasteiger partial charge in [-0.2, -0.15) is 0 Å². The fraction of sp³-hybridized carbons (Fsp3) is 0.773. The Morgan fingerprint density at radius 3 is 2.54 bits per heavy atom. The summed E-state index contributed by atoms with van der Waals surface area (Å²) in [4.78, 5) is 0. The van der Waals surface area contributed by atoms with Crippen LogP contribution in [0, 0.1) is 17.3 Å². The lowest BCUT2D eigenvalue weighted by Gasteiger charge is -2.29. The zero-order valence-corrected chi connectivity index (χ0v) is 17.1. The molecule has 0 saturated heterocycles. The molecule has 0 unspecified atom stereocenters. The Morgan fingerprint density at radius 1 is 1.19 bits per heavy atom. The summed E-state index contributed by atoms with van der Waals surface area (Å²) in [6.07, 6.45) is 14.7. The molecule has 150 valence electrons. The van der Waals surface area contributed by atoms with Crippen LogP contribution in [0.2, 0.25) is 0 Å². The van der Waals surface area contributed by atoms with E-state index in [0.717, 1.165) is 32.1 Å². The predicted molar refractivity (Wildman–Crippen MR) is 109 cm³/mol. The first-order chi connectivity index (χ1) is 12.4. The molecule has 0 amide bonds. The number of aliphatic hydroxyl groups is 2. The Hall–Kier alpha value is -1.13. The first-order valence-corrected chi connectivity index (χ1v) is 10.3. The first-order valence-electron chi connectivity index (χ1n) is 10.3. The molecule has 26 heavy (non-hydrogen) atoms. The van der Waals surface area contributed by atoms with Crippen molar-refractivity contribution in [2.45, 2.75) is 91.3 Å². The van der Waals surface area contributed by atoms with E-state index >= 15 is 0 Å². The average Bonchev–Trinajstić information content (AvgIpc) is 2.91. The van der Waals surface area contributed by atoms with Gasteiger partial charge in [-0.05, 0) is 24.7 Å². The van der Waals surface area contributed by atoms with Crippen molar-refractivity contribution in [2.24, 2.45) is 22.4 Å². The summed E-state index contributed by atoms with van der Waals surface area (Å²) < 4.78 is 0. The summed E-state index contributed by atoms with van der Waals surface area (Å²) in [5, 5.41) is 33.7. The van der Waals surface area contributed by atoms with Crippen LogP contribution in [-0.4, -0.2) is 33.3 Å². The van der Waals surface area contributed by atoms with E-state index in [-0.39, 0.29) is 17.3 Å². The van der Waals surface area contributed by atoms with Crippen LogP contribution in [0.25, 0.3) is 0 Å². The van der Waals surface area contributed by atoms with Gasteiger partial charge in [0.1, 0.15) is 0 Å². The van der Waals surface area contributed by atoms with Crippen molar-refractivity contribution in [3.63, 3.8) is 0 Å². The van der Waals surface area contributed by atoms with Gasteiger partial charge >= 0.3 is 0 Å². The van der Waals surface area contributed by atoms with Gasteiger partial charge in [0, 0.05) is 18.3 Å². The largest absolute Gasteiger partial charge is 0.411 e. The minimum Gasteiger partial charge on any atom is -0.411 e. The first kappa shape index (κ1) is 22.9. The molecule has 4 nitrogen and oxygen atoms in total. The highest BCUT2D eigenvalue weighted by molar-refractivity contribution is 5.90. The van der Waals surface area contributed by atoms with Crippen LogP contribution in [0.3, 0.4) is 0 Å². The summed E-state index contributed by atoms with van der Waals surface area (Å²) in [6, 6.07) is 0. The number of rotatable bonds is 11. The van der Waals surface area contributed by atoms with Crippen LogP contribution in [0.1, 0.15) is 79.1 Å². The van der Waals surface area contributed by atoms with Crippen molar-refractivity contribution in [3.05, 3.63) is 24.3 Å². The number of hydrogen-bond acceptors (Lipinski definition) is 4. The van der Waals surface area contributed by atoms with Crippen LogP contribution in [0.5, 0.6) is 0 Å². The third-order valence-electron chi connectivity index (χ3n) is 5.64. The Morgan fingerprint density at radius 2 is 1.92 bits per heavy atom. The quantitative estimate of drug-likeness (QED) is 0.207. The number of aliphatic hydroxyl groups excluding tert-OH is 2. The lowest BCUT2D eigenvalue weighted by molar-refractivity contribution is 0.0803. The lowest BCUT2D eigenvalue weighted by atomic mass is 9.80. The van der Waals surface area contributed by atoms with Gasteiger partial charge in [-0.25, -0.2) is 0 Å². The highest BCUT2D eigenvalue weighted by atomic mass is 16.4. The van der Waals surface area contributed by atoms with Crippen molar-refractivity contribution < 1.29 is 15.4 Å². The standard InChI is InChI=1S/C22H39NO3/c1-5-7-9-10-12-18-17(19(23-26)16-20(18)24)13-14-21(25)22(3,4)15-11-8-6-2/h9-10,13-14,17-18,20-21,24-26H,5-8,11-12,15-16H2,1-4H3/b10-9-,14-13+,23-19-/t17-,18-,20+,21-/m1/s1. The minimum atomic E-state index is -0.548. The van der Waals surface area contributed by atoms with Gasteiger partial charge in [0.2, 0.25) is 0 Å². The summed E-state index contributed by atoms with van der Waals surface area (Å²) in [5.74, 6) is -0.122.